The molecule has 0 spiro atoms. The maximum absolute atomic E-state index is 12.1. The van der Waals surface area contributed by atoms with Crippen LogP contribution in [0.25, 0.3) is 0 Å². The summed E-state index contributed by atoms with van der Waals surface area (Å²) >= 11 is 0. The third kappa shape index (κ3) is 5.50. The predicted molar refractivity (Wildman–Crippen MR) is 101 cm³/mol. The number of hydrogen-bond acceptors (Lipinski definition) is 4. The Labute approximate surface area is 149 Å². The number of ether oxygens (including phenoxy) is 1. The molecule has 1 atom stereocenters. The second-order valence-electron chi connectivity index (χ2n) is 7.12. The van der Waals surface area contributed by atoms with Crippen LogP contribution >= 0.6 is 0 Å². The molecular formula is C20H27N3O2. The van der Waals surface area contributed by atoms with E-state index < -0.39 is 0 Å². The highest BCUT2D eigenvalue weighted by molar-refractivity contribution is 5.78. The summed E-state index contributed by atoms with van der Waals surface area (Å²) in [4.78, 5) is 12.1. The van der Waals surface area contributed by atoms with E-state index in [0.717, 1.165) is 11.3 Å². The molecule has 0 radical (unpaired) electrons. The first-order valence-corrected chi connectivity index (χ1v) is 8.39. The van der Waals surface area contributed by atoms with Crippen LogP contribution in [0.1, 0.15) is 44.9 Å². The predicted octanol–water partition coefficient (Wildman–Crippen LogP) is 3.53. The Balaban J connectivity index is 1.85. The van der Waals surface area contributed by atoms with Gasteiger partial charge in [0.1, 0.15) is 5.75 Å². The smallest absolute Gasteiger partial charge is 0.258 e. The van der Waals surface area contributed by atoms with Gasteiger partial charge in [-0.2, -0.15) is 0 Å². The average molecular weight is 341 g/mol. The van der Waals surface area contributed by atoms with E-state index in [1.807, 2.05) is 55.5 Å². The molecule has 134 valence electrons. The van der Waals surface area contributed by atoms with Crippen LogP contribution in [0.5, 0.6) is 5.75 Å². The molecule has 2 aromatic carbocycles. The molecule has 2 aromatic rings. The third-order valence-corrected chi connectivity index (χ3v) is 4.05. The van der Waals surface area contributed by atoms with Gasteiger partial charge in [0.25, 0.3) is 5.91 Å². The van der Waals surface area contributed by atoms with Crippen LogP contribution in [-0.2, 0) is 10.2 Å². The molecule has 0 fully saturated rings. The number of nitrogen functional groups attached to an aromatic ring is 1. The number of hydrazine groups is 1. The Kier molecular flexibility index (Phi) is 6.04. The van der Waals surface area contributed by atoms with E-state index in [2.05, 4.69) is 31.5 Å². The van der Waals surface area contributed by atoms with Gasteiger partial charge in [0, 0.05) is 5.69 Å². The van der Waals surface area contributed by atoms with E-state index in [4.69, 9.17) is 10.6 Å². The van der Waals surface area contributed by atoms with Crippen molar-refractivity contribution < 1.29 is 9.53 Å². The van der Waals surface area contributed by atoms with Gasteiger partial charge in [0.05, 0.1) is 6.04 Å². The van der Waals surface area contributed by atoms with Gasteiger partial charge in [0.15, 0.2) is 6.61 Å². The summed E-state index contributed by atoms with van der Waals surface area (Å²) in [7, 11) is 0. The molecule has 4 N–H and O–H groups in total. The van der Waals surface area contributed by atoms with Gasteiger partial charge >= 0.3 is 0 Å². The van der Waals surface area contributed by atoms with E-state index in [1.54, 1.807) is 0 Å². The Morgan fingerprint density at radius 2 is 1.68 bits per heavy atom. The highest BCUT2D eigenvalue weighted by Crippen LogP contribution is 2.24. The van der Waals surface area contributed by atoms with E-state index >= 15 is 0 Å². The Hall–Kier alpha value is -2.53. The highest BCUT2D eigenvalue weighted by atomic mass is 16.5. The molecule has 5 nitrogen and oxygen atoms in total. The van der Waals surface area contributed by atoms with Crippen molar-refractivity contribution in [3.8, 4) is 5.75 Å². The molecule has 0 saturated heterocycles. The van der Waals surface area contributed by atoms with E-state index in [-0.39, 0.29) is 24.0 Å². The molecule has 5 heteroatoms. The lowest BCUT2D eigenvalue weighted by Crippen LogP contribution is -2.31. The van der Waals surface area contributed by atoms with Crippen molar-refractivity contribution in [1.82, 2.24) is 5.32 Å². The Bertz CT molecular complexity index is 688. The zero-order valence-electron chi connectivity index (χ0n) is 15.3. The monoisotopic (exact) mass is 341 g/mol. The fraction of sp³-hybridized carbons (Fsp3) is 0.350. The summed E-state index contributed by atoms with van der Waals surface area (Å²) in [5, 5.41) is 2.92. The topological polar surface area (TPSA) is 76.4 Å². The number of amides is 1. The standard InChI is InChI=1S/C20H27N3O2/c1-14(15-5-9-17(23-21)10-6-15)22-19(24)13-25-18-11-7-16(8-12-18)20(2,3)4/h5-12,14,23H,13,21H2,1-4H3,(H,22,24). The lowest BCUT2D eigenvalue weighted by Gasteiger charge is -2.19. The number of carbonyl (C=O) groups excluding carboxylic acids is 1. The van der Waals surface area contributed by atoms with Gasteiger partial charge in [-0.25, -0.2) is 0 Å². The quantitative estimate of drug-likeness (QED) is 0.555. The van der Waals surface area contributed by atoms with Crippen molar-refractivity contribution >= 4 is 11.6 Å². The molecular weight excluding hydrogens is 314 g/mol. The molecule has 0 aliphatic rings. The van der Waals surface area contributed by atoms with Gasteiger partial charge in [-0.1, -0.05) is 45.0 Å². The average Bonchev–Trinajstić information content (AvgIpc) is 2.59. The number of hydrogen-bond donors (Lipinski definition) is 3. The van der Waals surface area contributed by atoms with Crippen LogP contribution in [0.15, 0.2) is 48.5 Å². The molecule has 1 amide bonds. The van der Waals surface area contributed by atoms with Gasteiger partial charge < -0.3 is 15.5 Å². The van der Waals surface area contributed by atoms with Gasteiger partial charge in [0.2, 0.25) is 0 Å². The van der Waals surface area contributed by atoms with Crippen molar-refractivity contribution in [3.63, 3.8) is 0 Å². The number of anilines is 1. The van der Waals surface area contributed by atoms with Gasteiger partial charge in [-0.3, -0.25) is 10.6 Å². The van der Waals surface area contributed by atoms with Crippen LogP contribution in [0.4, 0.5) is 5.69 Å². The fourth-order valence-electron chi connectivity index (χ4n) is 2.43. The molecule has 0 aromatic heterocycles. The second-order valence-corrected chi connectivity index (χ2v) is 7.12. The largest absolute Gasteiger partial charge is 0.484 e. The van der Waals surface area contributed by atoms with Crippen molar-refractivity contribution in [2.45, 2.75) is 39.2 Å². The summed E-state index contributed by atoms with van der Waals surface area (Å²) in [6.07, 6.45) is 0. The summed E-state index contributed by atoms with van der Waals surface area (Å²) in [6, 6.07) is 15.3. The van der Waals surface area contributed by atoms with Crippen LogP contribution < -0.4 is 21.3 Å². The second kappa shape index (κ2) is 8.03. The zero-order chi connectivity index (χ0) is 18.4. The molecule has 0 aliphatic heterocycles. The van der Waals surface area contributed by atoms with Crippen LogP contribution in [0.2, 0.25) is 0 Å². The van der Waals surface area contributed by atoms with Gasteiger partial charge in [-0.15, -0.1) is 0 Å². The van der Waals surface area contributed by atoms with Crippen molar-refractivity contribution in [1.29, 1.82) is 0 Å². The zero-order valence-corrected chi connectivity index (χ0v) is 15.3. The number of nitrogens with two attached hydrogens (primary N) is 1. The van der Waals surface area contributed by atoms with Gasteiger partial charge in [-0.05, 0) is 47.7 Å². The summed E-state index contributed by atoms with van der Waals surface area (Å²) < 4.78 is 5.57. The minimum Gasteiger partial charge on any atom is -0.484 e. The molecule has 0 saturated carbocycles. The first-order valence-electron chi connectivity index (χ1n) is 8.39. The van der Waals surface area contributed by atoms with Crippen molar-refractivity contribution in [2.75, 3.05) is 12.0 Å². The normalized spacial score (nSPS) is 12.4. The molecule has 0 bridgehead atoms. The van der Waals surface area contributed by atoms with E-state index in [0.29, 0.717) is 5.75 Å². The molecule has 0 aliphatic carbocycles. The number of nitrogens with one attached hydrogen (secondary N) is 2. The maximum Gasteiger partial charge on any atom is 0.258 e. The number of rotatable bonds is 6. The van der Waals surface area contributed by atoms with Crippen molar-refractivity contribution in [3.05, 3.63) is 59.7 Å². The summed E-state index contributed by atoms with van der Waals surface area (Å²) in [6.45, 7) is 8.40. The van der Waals surface area contributed by atoms with E-state index in [9.17, 15) is 4.79 Å². The maximum atomic E-state index is 12.1. The molecule has 1 unspecified atom stereocenters. The van der Waals surface area contributed by atoms with Crippen LogP contribution in [-0.4, -0.2) is 12.5 Å². The lowest BCUT2D eigenvalue weighted by atomic mass is 9.87. The fourth-order valence-corrected chi connectivity index (χ4v) is 2.43. The molecule has 2 rings (SSSR count). The van der Waals surface area contributed by atoms with Crippen LogP contribution in [0, 0.1) is 0 Å². The summed E-state index contributed by atoms with van der Waals surface area (Å²) in [5.41, 5.74) is 5.73. The van der Waals surface area contributed by atoms with Crippen molar-refractivity contribution in [2.24, 2.45) is 5.84 Å². The SMILES string of the molecule is CC(NC(=O)COc1ccc(C(C)(C)C)cc1)c1ccc(NN)cc1. The highest BCUT2D eigenvalue weighted by Gasteiger charge is 2.14. The first kappa shape index (κ1) is 18.8. The van der Waals surface area contributed by atoms with E-state index in [1.165, 1.54) is 5.56 Å². The minimum atomic E-state index is -0.159. The minimum absolute atomic E-state index is 0.0123. The molecule has 0 heterocycles. The summed E-state index contributed by atoms with van der Waals surface area (Å²) in [5.74, 6) is 5.88. The Morgan fingerprint density at radius 3 is 2.20 bits per heavy atom. The lowest BCUT2D eigenvalue weighted by molar-refractivity contribution is -0.123. The first-order chi connectivity index (χ1) is 11.8. The molecule has 25 heavy (non-hydrogen) atoms. The number of benzene rings is 2. The number of carbonyl (C=O) groups is 1. The van der Waals surface area contributed by atoms with Crippen LogP contribution in [0.3, 0.4) is 0 Å². The third-order valence-electron chi connectivity index (χ3n) is 4.05. The Morgan fingerprint density at radius 1 is 1.08 bits per heavy atom.